The number of hydrogen-bond donors (Lipinski definition) is 2. The standard InChI is InChI=1S/C27H23F2N3O2/c1-17-5-3-6-22(11-17)32-26-15-23(9-10-30-26)34-25-8-4-7-24(18(25)2)27(33)31-16-19-12-20(28)14-21(29)13-19/h3-15H,16H2,1-2H3,(H,30,32)(H,31,33). The number of halogens is 2. The molecule has 0 spiro atoms. The monoisotopic (exact) mass is 459 g/mol. The van der Waals surface area contributed by atoms with Crippen LogP contribution >= 0.6 is 0 Å². The van der Waals surface area contributed by atoms with Gasteiger partial charge in [0.05, 0.1) is 0 Å². The molecule has 0 fully saturated rings. The van der Waals surface area contributed by atoms with Crippen molar-refractivity contribution in [1.82, 2.24) is 10.3 Å². The van der Waals surface area contributed by atoms with Crippen molar-refractivity contribution >= 4 is 17.4 Å². The second-order valence-electron chi connectivity index (χ2n) is 7.86. The average molecular weight is 459 g/mol. The predicted molar refractivity (Wildman–Crippen MR) is 127 cm³/mol. The van der Waals surface area contributed by atoms with Crippen LogP contribution in [0.3, 0.4) is 0 Å². The molecule has 0 aliphatic carbocycles. The number of amides is 1. The molecular formula is C27H23F2N3O2. The molecule has 2 N–H and O–H groups in total. The first-order chi connectivity index (χ1) is 16.4. The maximum atomic E-state index is 13.4. The van der Waals surface area contributed by atoms with E-state index in [1.807, 2.05) is 31.2 Å². The summed E-state index contributed by atoms with van der Waals surface area (Å²) in [4.78, 5) is 17.1. The lowest BCUT2D eigenvalue weighted by Gasteiger charge is -2.14. The summed E-state index contributed by atoms with van der Waals surface area (Å²) in [6.45, 7) is 3.79. The fourth-order valence-corrected chi connectivity index (χ4v) is 3.50. The van der Waals surface area contributed by atoms with Crippen LogP contribution in [0, 0.1) is 25.5 Å². The van der Waals surface area contributed by atoms with E-state index in [0.717, 1.165) is 17.3 Å². The molecule has 0 saturated carbocycles. The maximum absolute atomic E-state index is 13.4. The van der Waals surface area contributed by atoms with Crippen molar-refractivity contribution in [1.29, 1.82) is 0 Å². The second-order valence-corrected chi connectivity index (χ2v) is 7.86. The van der Waals surface area contributed by atoms with Crippen LogP contribution in [0.2, 0.25) is 0 Å². The SMILES string of the molecule is Cc1cccc(Nc2cc(Oc3cccc(C(=O)NCc4cc(F)cc(F)c4)c3C)ccn2)c1. The number of ether oxygens (including phenoxy) is 1. The quantitative estimate of drug-likeness (QED) is 0.334. The van der Waals surface area contributed by atoms with E-state index >= 15 is 0 Å². The lowest BCUT2D eigenvalue weighted by molar-refractivity contribution is 0.0950. The molecule has 0 radical (unpaired) electrons. The van der Waals surface area contributed by atoms with Crippen molar-refractivity contribution in [2.24, 2.45) is 0 Å². The summed E-state index contributed by atoms with van der Waals surface area (Å²) >= 11 is 0. The van der Waals surface area contributed by atoms with Gasteiger partial charge in [-0.3, -0.25) is 4.79 Å². The summed E-state index contributed by atoms with van der Waals surface area (Å²) in [5, 5.41) is 5.94. The summed E-state index contributed by atoms with van der Waals surface area (Å²) < 4.78 is 32.8. The minimum Gasteiger partial charge on any atom is -0.457 e. The van der Waals surface area contributed by atoms with Gasteiger partial charge < -0.3 is 15.4 Å². The molecule has 1 amide bonds. The molecule has 7 heteroatoms. The van der Waals surface area contributed by atoms with Crippen LogP contribution in [-0.2, 0) is 6.54 Å². The number of aryl methyl sites for hydroxylation is 1. The number of carbonyl (C=O) groups excluding carboxylic acids is 1. The first-order valence-electron chi connectivity index (χ1n) is 10.7. The number of pyridine rings is 1. The van der Waals surface area contributed by atoms with E-state index in [9.17, 15) is 13.6 Å². The van der Waals surface area contributed by atoms with E-state index in [0.29, 0.717) is 34.0 Å². The van der Waals surface area contributed by atoms with Gasteiger partial charge in [-0.1, -0.05) is 18.2 Å². The summed E-state index contributed by atoms with van der Waals surface area (Å²) in [5.74, 6) is -0.0619. The number of aromatic nitrogens is 1. The summed E-state index contributed by atoms with van der Waals surface area (Å²) in [5.41, 5.74) is 3.42. The van der Waals surface area contributed by atoms with Crippen LogP contribution in [0.4, 0.5) is 20.3 Å². The van der Waals surface area contributed by atoms with Crippen LogP contribution in [0.25, 0.3) is 0 Å². The molecule has 4 aromatic rings. The van der Waals surface area contributed by atoms with Gasteiger partial charge in [-0.05, 0) is 67.4 Å². The fourth-order valence-electron chi connectivity index (χ4n) is 3.50. The molecule has 0 saturated heterocycles. The normalized spacial score (nSPS) is 10.6. The smallest absolute Gasteiger partial charge is 0.251 e. The summed E-state index contributed by atoms with van der Waals surface area (Å²) in [7, 11) is 0. The third kappa shape index (κ3) is 5.75. The first kappa shape index (κ1) is 22.9. The van der Waals surface area contributed by atoms with E-state index in [1.54, 1.807) is 43.5 Å². The van der Waals surface area contributed by atoms with Gasteiger partial charge in [0.1, 0.15) is 29.0 Å². The maximum Gasteiger partial charge on any atom is 0.251 e. The second kappa shape index (κ2) is 10.1. The van der Waals surface area contributed by atoms with Gasteiger partial charge in [-0.15, -0.1) is 0 Å². The highest BCUT2D eigenvalue weighted by Crippen LogP contribution is 2.29. The van der Waals surface area contributed by atoms with Crippen molar-refractivity contribution < 1.29 is 18.3 Å². The van der Waals surface area contributed by atoms with E-state index in [4.69, 9.17) is 4.74 Å². The Kier molecular flexibility index (Phi) is 6.82. The van der Waals surface area contributed by atoms with Gasteiger partial charge >= 0.3 is 0 Å². The lowest BCUT2D eigenvalue weighted by Crippen LogP contribution is -2.23. The topological polar surface area (TPSA) is 63.2 Å². The predicted octanol–water partition coefficient (Wildman–Crippen LogP) is 6.44. The van der Waals surface area contributed by atoms with Crippen molar-refractivity contribution in [3.8, 4) is 11.5 Å². The molecule has 0 bridgehead atoms. The van der Waals surface area contributed by atoms with Crippen LogP contribution < -0.4 is 15.4 Å². The zero-order chi connectivity index (χ0) is 24.1. The minimum atomic E-state index is -0.690. The number of hydrogen-bond acceptors (Lipinski definition) is 4. The van der Waals surface area contributed by atoms with E-state index in [-0.39, 0.29) is 12.5 Å². The number of benzene rings is 3. The number of carbonyl (C=O) groups is 1. The number of nitrogens with one attached hydrogen (secondary N) is 2. The Balaban J connectivity index is 1.47. The van der Waals surface area contributed by atoms with E-state index in [2.05, 4.69) is 15.6 Å². The summed E-state index contributed by atoms with van der Waals surface area (Å²) in [6.07, 6.45) is 1.64. The molecule has 0 atom stereocenters. The molecular weight excluding hydrogens is 436 g/mol. The van der Waals surface area contributed by atoms with Crippen LogP contribution in [0.1, 0.15) is 27.0 Å². The van der Waals surface area contributed by atoms with Crippen molar-refractivity contribution in [3.63, 3.8) is 0 Å². The first-order valence-corrected chi connectivity index (χ1v) is 10.7. The van der Waals surface area contributed by atoms with E-state index < -0.39 is 11.6 Å². The molecule has 1 heterocycles. The van der Waals surface area contributed by atoms with Crippen LogP contribution in [0.15, 0.2) is 79.0 Å². The Bertz CT molecular complexity index is 1320. The molecule has 0 unspecified atom stereocenters. The largest absolute Gasteiger partial charge is 0.457 e. The minimum absolute atomic E-state index is 0.00359. The molecule has 1 aromatic heterocycles. The van der Waals surface area contributed by atoms with Gasteiger partial charge in [0, 0.05) is 41.7 Å². The molecule has 3 aromatic carbocycles. The Labute approximate surface area is 196 Å². The molecule has 0 aliphatic rings. The Morgan fingerprint density at radius 1 is 0.941 bits per heavy atom. The fraction of sp³-hybridized carbons (Fsp3) is 0.111. The Morgan fingerprint density at radius 2 is 1.71 bits per heavy atom. The third-order valence-corrected chi connectivity index (χ3v) is 5.15. The molecule has 5 nitrogen and oxygen atoms in total. The van der Waals surface area contributed by atoms with Gasteiger partial charge in [-0.2, -0.15) is 0 Å². The van der Waals surface area contributed by atoms with E-state index in [1.165, 1.54) is 12.1 Å². The summed E-state index contributed by atoms with van der Waals surface area (Å²) in [6, 6.07) is 19.7. The Morgan fingerprint density at radius 3 is 2.47 bits per heavy atom. The van der Waals surface area contributed by atoms with Crippen molar-refractivity contribution in [2.75, 3.05) is 5.32 Å². The molecule has 4 rings (SSSR count). The number of rotatable bonds is 7. The van der Waals surface area contributed by atoms with Crippen LogP contribution in [-0.4, -0.2) is 10.9 Å². The van der Waals surface area contributed by atoms with Crippen molar-refractivity contribution in [3.05, 3.63) is 113 Å². The van der Waals surface area contributed by atoms with Crippen LogP contribution in [0.5, 0.6) is 11.5 Å². The number of nitrogens with zero attached hydrogens (tertiary/aromatic N) is 1. The third-order valence-electron chi connectivity index (χ3n) is 5.15. The van der Waals surface area contributed by atoms with Gasteiger partial charge in [0.2, 0.25) is 0 Å². The van der Waals surface area contributed by atoms with Crippen molar-refractivity contribution in [2.45, 2.75) is 20.4 Å². The van der Waals surface area contributed by atoms with Gasteiger partial charge in [-0.25, -0.2) is 13.8 Å². The van der Waals surface area contributed by atoms with Gasteiger partial charge in [0.15, 0.2) is 0 Å². The highest BCUT2D eigenvalue weighted by atomic mass is 19.1. The highest BCUT2D eigenvalue weighted by Gasteiger charge is 2.14. The lowest BCUT2D eigenvalue weighted by atomic mass is 10.1. The van der Waals surface area contributed by atoms with Gasteiger partial charge in [0.25, 0.3) is 5.91 Å². The Hall–Kier alpha value is -4.26. The molecule has 172 valence electrons. The zero-order valence-electron chi connectivity index (χ0n) is 18.7. The molecule has 34 heavy (non-hydrogen) atoms. The number of anilines is 2. The molecule has 0 aliphatic heterocycles. The highest BCUT2D eigenvalue weighted by molar-refractivity contribution is 5.96. The zero-order valence-corrected chi connectivity index (χ0v) is 18.7. The average Bonchev–Trinajstić information content (AvgIpc) is 2.78.